The van der Waals surface area contributed by atoms with Gasteiger partial charge in [-0.3, -0.25) is 0 Å². The van der Waals surface area contributed by atoms with Gasteiger partial charge < -0.3 is 0 Å². The summed E-state index contributed by atoms with van der Waals surface area (Å²) in [6.45, 7) is 1.68. The summed E-state index contributed by atoms with van der Waals surface area (Å²) in [4.78, 5) is 9.21. The normalized spacial score (nSPS) is 14.4. The number of hydrogen-bond donors (Lipinski definition) is 3. The standard InChI is InChI=1S/C20H43O5PSe/c1-2-3-4-5-6-7-8-9-10-11-12-13-14-15-16-20(17-21,18-22)19-25-26(23,24)27/h21-22H,2-19H2,1H3,(H2,23,24,27). The van der Waals surface area contributed by atoms with Gasteiger partial charge in [-0.05, 0) is 0 Å². The van der Waals surface area contributed by atoms with Crippen molar-refractivity contribution >= 4 is 21.9 Å². The van der Waals surface area contributed by atoms with Gasteiger partial charge in [0.15, 0.2) is 0 Å². The minimum atomic E-state index is -3.65. The summed E-state index contributed by atoms with van der Waals surface area (Å²) in [5, 5.41) is 19.1. The maximum atomic E-state index is 11.2. The van der Waals surface area contributed by atoms with E-state index >= 15 is 0 Å². The Kier molecular flexibility index (Phi) is 17.8. The first-order valence-corrected chi connectivity index (χ1v) is 14.9. The molecule has 0 rings (SSSR count). The van der Waals surface area contributed by atoms with Crippen molar-refractivity contribution in [1.82, 2.24) is 0 Å². The van der Waals surface area contributed by atoms with Gasteiger partial charge in [0.1, 0.15) is 0 Å². The van der Waals surface area contributed by atoms with Gasteiger partial charge in [0, 0.05) is 0 Å². The molecule has 0 aliphatic heterocycles. The molecule has 0 saturated heterocycles. The zero-order chi connectivity index (χ0) is 20.4. The molecule has 0 aliphatic rings. The van der Waals surface area contributed by atoms with Crippen LogP contribution in [-0.2, 0) is 9.09 Å². The first-order chi connectivity index (χ1) is 12.9. The number of hydrogen-bond acceptors (Lipinski definition) is 4. The zero-order valence-electron chi connectivity index (χ0n) is 17.3. The molecule has 0 aliphatic carbocycles. The Labute approximate surface area is 174 Å². The molecule has 7 heteroatoms. The van der Waals surface area contributed by atoms with Gasteiger partial charge >= 0.3 is 123 Å². The van der Waals surface area contributed by atoms with Gasteiger partial charge in [0.2, 0.25) is 0 Å². The van der Waals surface area contributed by atoms with Crippen molar-refractivity contribution in [2.45, 2.75) is 103 Å². The first kappa shape index (κ1) is 27.6. The molecule has 0 aromatic rings. The molecule has 0 amide bonds. The fraction of sp³-hybridized carbons (Fsp3) is 1.00. The fourth-order valence-corrected chi connectivity index (χ4v) is 4.09. The van der Waals surface area contributed by atoms with E-state index in [2.05, 4.69) is 6.92 Å². The van der Waals surface area contributed by atoms with Crippen molar-refractivity contribution < 1.29 is 24.2 Å². The molecule has 27 heavy (non-hydrogen) atoms. The Hall–Kier alpha value is 0.589. The van der Waals surface area contributed by atoms with Crippen LogP contribution in [0.25, 0.3) is 0 Å². The van der Waals surface area contributed by atoms with E-state index in [0.29, 0.717) is 6.42 Å². The third kappa shape index (κ3) is 17.2. The predicted molar refractivity (Wildman–Crippen MR) is 114 cm³/mol. The molecule has 0 aromatic carbocycles. The molecule has 1 unspecified atom stereocenters. The van der Waals surface area contributed by atoms with E-state index in [4.69, 9.17) is 4.52 Å². The van der Waals surface area contributed by atoms with Crippen LogP contribution in [0.3, 0.4) is 0 Å². The topological polar surface area (TPSA) is 87.0 Å². The average Bonchev–Trinajstić information content (AvgIpc) is 2.64. The van der Waals surface area contributed by atoms with Crippen LogP contribution in [0.2, 0.25) is 0 Å². The summed E-state index contributed by atoms with van der Waals surface area (Å²) in [5.74, 6) is 0. The number of unbranched alkanes of at least 4 members (excludes halogenated alkanes) is 13. The maximum absolute atomic E-state index is 11.2. The van der Waals surface area contributed by atoms with Crippen molar-refractivity contribution in [2.75, 3.05) is 19.8 Å². The molecular formula is C20H43O5PSe. The van der Waals surface area contributed by atoms with E-state index in [0.717, 1.165) is 19.3 Å². The Morgan fingerprint density at radius 3 is 1.48 bits per heavy atom. The third-order valence-corrected chi connectivity index (χ3v) is 6.46. The van der Waals surface area contributed by atoms with Crippen LogP contribution in [0.4, 0.5) is 0 Å². The molecule has 0 saturated carbocycles. The van der Waals surface area contributed by atoms with E-state index in [1.165, 1.54) is 70.6 Å². The van der Waals surface area contributed by atoms with E-state index in [-0.39, 0.29) is 19.8 Å². The molecule has 0 heterocycles. The van der Waals surface area contributed by atoms with Crippen molar-refractivity contribution in [3.05, 3.63) is 0 Å². The summed E-state index contributed by atoms with van der Waals surface area (Å²) in [6, 6.07) is 0. The van der Waals surface area contributed by atoms with Gasteiger partial charge in [-0.15, -0.1) is 0 Å². The molecule has 0 aromatic heterocycles. The van der Waals surface area contributed by atoms with Crippen molar-refractivity contribution in [2.24, 2.45) is 5.41 Å². The van der Waals surface area contributed by atoms with Gasteiger partial charge in [-0.1, -0.05) is 51.9 Å². The van der Waals surface area contributed by atoms with Gasteiger partial charge in [0.05, 0.1) is 0 Å². The first-order valence-electron chi connectivity index (χ1n) is 10.8. The summed E-state index contributed by atoms with van der Waals surface area (Å²) in [7, 11) is 0. The van der Waals surface area contributed by atoms with Crippen LogP contribution in [-0.4, -0.2) is 50.5 Å². The van der Waals surface area contributed by atoms with Crippen molar-refractivity contribution in [3.63, 3.8) is 0 Å². The monoisotopic (exact) mass is 474 g/mol. The fourth-order valence-electron chi connectivity index (χ4n) is 3.29. The molecule has 5 nitrogen and oxygen atoms in total. The van der Waals surface area contributed by atoms with Crippen LogP contribution in [0.1, 0.15) is 103 Å². The predicted octanol–water partition coefficient (Wildman–Crippen LogP) is 4.85. The van der Waals surface area contributed by atoms with Gasteiger partial charge in [0.25, 0.3) is 0 Å². The van der Waals surface area contributed by atoms with E-state index in [9.17, 15) is 19.7 Å². The van der Waals surface area contributed by atoms with Crippen LogP contribution in [0.15, 0.2) is 0 Å². The Morgan fingerprint density at radius 1 is 0.778 bits per heavy atom. The summed E-state index contributed by atoms with van der Waals surface area (Å²) >= 11 is 1.60. The van der Waals surface area contributed by atoms with Crippen LogP contribution < -0.4 is 0 Å². The number of rotatable bonds is 20. The van der Waals surface area contributed by atoms with E-state index in [1.54, 1.807) is 15.6 Å². The average molecular weight is 473 g/mol. The molecule has 1 atom stereocenters. The molecule has 164 valence electrons. The molecule has 0 spiro atoms. The van der Waals surface area contributed by atoms with Crippen molar-refractivity contribution in [1.29, 1.82) is 0 Å². The number of aliphatic hydroxyl groups is 2. The van der Waals surface area contributed by atoms with E-state index < -0.39 is 11.7 Å². The summed E-state index contributed by atoms with van der Waals surface area (Å²) in [5.41, 5.74) is -0.824. The second-order valence-electron chi connectivity index (χ2n) is 7.93. The van der Waals surface area contributed by atoms with E-state index in [1.807, 2.05) is 0 Å². The Bertz CT molecular complexity index is 371. The van der Waals surface area contributed by atoms with Crippen LogP contribution in [0.5, 0.6) is 0 Å². The zero-order valence-corrected chi connectivity index (χ0v) is 20.1. The molecular weight excluding hydrogens is 430 g/mol. The third-order valence-electron chi connectivity index (χ3n) is 5.27. The summed E-state index contributed by atoms with van der Waals surface area (Å²) in [6.07, 6.45) is 14.9. The Morgan fingerprint density at radius 2 is 1.15 bits per heavy atom. The quantitative estimate of drug-likeness (QED) is 0.134. The SMILES string of the molecule is CCCCCCCCCCCCCCCCC(CO)(CO)COP(=O)(O)[SeH]. The molecule has 3 N–H and O–H groups in total. The second-order valence-corrected chi connectivity index (χ2v) is 12.3. The number of aliphatic hydroxyl groups excluding tert-OH is 2. The summed E-state index contributed by atoms with van der Waals surface area (Å²) < 4.78 is 16.1. The molecule has 0 fully saturated rings. The van der Waals surface area contributed by atoms with Gasteiger partial charge in [-0.2, -0.15) is 0 Å². The Balaban J connectivity index is 3.59. The van der Waals surface area contributed by atoms with Gasteiger partial charge in [-0.25, -0.2) is 0 Å². The molecule has 0 radical (unpaired) electrons. The van der Waals surface area contributed by atoms with Crippen LogP contribution in [0, 0.1) is 5.41 Å². The second kappa shape index (κ2) is 17.4. The van der Waals surface area contributed by atoms with Crippen molar-refractivity contribution in [3.8, 4) is 0 Å². The van der Waals surface area contributed by atoms with Crippen LogP contribution >= 0.6 is 6.29 Å². The molecule has 0 bridgehead atoms. The minimum absolute atomic E-state index is 0.0963.